The van der Waals surface area contributed by atoms with Crippen molar-refractivity contribution in [2.24, 2.45) is 0 Å². The Labute approximate surface area is 153 Å². The Bertz CT molecular complexity index is 836. The Hall–Kier alpha value is -2.70. The van der Waals surface area contributed by atoms with E-state index in [4.69, 9.17) is 14.2 Å². The van der Waals surface area contributed by atoms with Crippen LogP contribution in [0.5, 0.6) is 17.2 Å². The highest BCUT2D eigenvalue weighted by molar-refractivity contribution is 5.94. The lowest BCUT2D eigenvalue weighted by Crippen LogP contribution is -2.30. The highest BCUT2D eigenvalue weighted by Crippen LogP contribution is 2.47. The molecule has 1 unspecified atom stereocenters. The third kappa shape index (κ3) is 2.87. The van der Waals surface area contributed by atoms with Crippen molar-refractivity contribution in [3.8, 4) is 17.2 Å². The van der Waals surface area contributed by atoms with Crippen molar-refractivity contribution in [2.45, 2.75) is 38.6 Å². The highest BCUT2D eigenvalue weighted by Gasteiger charge is 2.35. The molecular formula is C19H25N3O4. The standard InChI is InChI=1S/C19H25N3O4/c1-19(2,3)22-18-13(10-20-22)12(9-15(23)21-18)11-7-8-14(24-4)17(26-6)16(11)25-5/h7-8,10,12H,9H2,1-6H3,(H,21,23). The molecule has 7 nitrogen and oxygen atoms in total. The molecule has 140 valence electrons. The predicted octanol–water partition coefficient (Wildman–Crippen LogP) is 3.14. The number of carbonyl (C=O) groups excluding carboxylic acids is 1. The second-order valence-electron chi connectivity index (χ2n) is 7.26. The quantitative estimate of drug-likeness (QED) is 0.908. The maximum atomic E-state index is 12.4. The molecular weight excluding hydrogens is 334 g/mol. The lowest BCUT2D eigenvalue weighted by atomic mass is 9.86. The monoisotopic (exact) mass is 359 g/mol. The van der Waals surface area contributed by atoms with E-state index in [2.05, 4.69) is 10.4 Å². The van der Waals surface area contributed by atoms with E-state index in [0.717, 1.165) is 16.9 Å². The number of amides is 1. The van der Waals surface area contributed by atoms with Gasteiger partial charge < -0.3 is 19.5 Å². The average Bonchev–Trinajstić information content (AvgIpc) is 3.03. The first-order chi connectivity index (χ1) is 12.3. The van der Waals surface area contributed by atoms with Crippen LogP contribution in [0.3, 0.4) is 0 Å². The number of rotatable bonds is 4. The summed E-state index contributed by atoms with van der Waals surface area (Å²) in [5.41, 5.74) is 1.59. The van der Waals surface area contributed by atoms with Gasteiger partial charge in [-0.15, -0.1) is 0 Å². The molecule has 2 aromatic rings. The Kier molecular flexibility index (Phi) is 4.56. The summed E-state index contributed by atoms with van der Waals surface area (Å²) in [6.45, 7) is 6.15. The smallest absolute Gasteiger partial charge is 0.226 e. The van der Waals surface area contributed by atoms with E-state index in [1.165, 1.54) is 0 Å². The van der Waals surface area contributed by atoms with Crippen molar-refractivity contribution in [2.75, 3.05) is 26.6 Å². The summed E-state index contributed by atoms with van der Waals surface area (Å²) in [6.07, 6.45) is 2.13. The molecule has 3 rings (SSSR count). The molecule has 0 saturated heterocycles. The van der Waals surface area contributed by atoms with Crippen LogP contribution in [0.1, 0.15) is 44.2 Å². The maximum absolute atomic E-state index is 12.4. The number of hydrogen-bond acceptors (Lipinski definition) is 5. The number of carbonyl (C=O) groups is 1. The molecule has 1 N–H and O–H groups in total. The van der Waals surface area contributed by atoms with Gasteiger partial charge in [0.15, 0.2) is 11.5 Å². The second kappa shape index (κ2) is 6.55. The molecule has 0 spiro atoms. The van der Waals surface area contributed by atoms with E-state index in [0.29, 0.717) is 23.7 Å². The van der Waals surface area contributed by atoms with Crippen molar-refractivity contribution in [1.82, 2.24) is 9.78 Å². The highest BCUT2D eigenvalue weighted by atomic mass is 16.5. The summed E-state index contributed by atoms with van der Waals surface area (Å²) in [4.78, 5) is 12.4. The normalized spacial score (nSPS) is 16.7. The number of ether oxygens (including phenoxy) is 3. The van der Waals surface area contributed by atoms with Crippen molar-refractivity contribution < 1.29 is 19.0 Å². The van der Waals surface area contributed by atoms with Crippen LogP contribution in [-0.2, 0) is 10.3 Å². The van der Waals surface area contributed by atoms with Gasteiger partial charge in [0.25, 0.3) is 0 Å². The van der Waals surface area contributed by atoms with Crippen LogP contribution < -0.4 is 19.5 Å². The molecule has 0 aliphatic carbocycles. The van der Waals surface area contributed by atoms with Gasteiger partial charge in [0.05, 0.1) is 33.1 Å². The van der Waals surface area contributed by atoms with E-state index >= 15 is 0 Å². The number of anilines is 1. The molecule has 0 saturated carbocycles. The third-order valence-corrected chi connectivity index (χ3v) is 4.57. The maximum Gasteiger partial charge on any atom is 0.226 e. The molecule has 0 bridgehead atoms. The fourth-order valence-corrected chi connectivity index (χ4v) is 3.40. The summed E-state index contributed by atoms with van der Waals surface area (Å²) in [5, 5.41) is 7.48. The zero-order valence-corrected chi connectivity index (χ0v) is 16.0. The van der Waals surface area contributed by atoms with Crippen molar-refractivity contribution >= 4 is 11.7 Å². The van der Waals surface area contributed by atoms with Crippen molar-refractivity contribution in [3.63, 3.8) is 0 Å². The van der Waals surface area contributed by atoms with Gasteiger partial charge in [-0.05, 0) is 26.8 Å². The second-order valence-corrected chi connectivity index (χ2v) is 7.26. The predicted molar refractivity (Wildman–Crippen MR) is 98.4 cm³/mol. The van der Waals surface area contributed by atoms with Gasteiger partial charge in [0, 0.05) is 23.5 Å². The third-order valence-electron chi connectivity index (χ3n) is 4.57. The molecule has 0 radical (unpaired) electrons. The molecule has 1 aliphatic rings. The molecule has 1 aromatic carbocycles. The SMILES string of the molecule is COc1ccc(C2CC(=O)Nc3c2cnn3C(C)(C)C)c(OC)c1OC. The Morgan fingerprint density at radius 2 is 1.77 bits per heavy atom. The zero-order chi connectivity index (χ0) is 19.1. The average molecular weight is 359 g/mol. The van der Waals surface area contributed by atoms with Gasteiger partial charge in [0.1, 0.15) is 5.82 Å². The Morgan fingerprint density at radius 1 is 1.08 bits per heavy atom. The molecule has 7 heteroatoms. The lowest BCUT2D eigenvalue weighted by Gasteiger charge is -2.29. The number of nitrogens with zero attached hydrogens (tertiary/aromatic N) is 2. The van der Waals surface area contributed by atoms with Crippen LogP contribution in [0.4, 0.5) is 5.82 Å². The van der Waals surface area contributed by atoms with E-state index in [1.54, 1.807) is 21.3 Å². The van der Waals surface area contributed by atoms with E-state index in [1.807, 2.05) is 43.8 Å². The zero-order valence-electron chi connectivity index (χ0n) is 16.0. The molecule has 2 heterocycles. The van der Waals surface area contributed by atoms with Crippen molar-refractivity contribution in [1.29, 1.82) is 0 Å². The molecule has 26 heavy (non-hydrogen) atoms. The number of benzene rings is 1. The topological polar surface area (TPSA) is 74.6 Å². The summed E-state index contributed by atoms with van der Waals surface area (Å²) in [5.74, 6) is 2.17. The van der Waals surface area contributed by atoms with Crippen molar-refractivity contribution in [3.05, 3.63) is 29.5 Å². The van der Waals surface area contributed by atoms with Crippen LogP contribution in [0, 0.1) is 0 Å². The molecule has 0 fully saturated rings. The molecule has 1 aliphatic heterocycles. The minimum Gasteiger partial charge on any atom is -0.493 e. The van der Waals surface area contributed by atoms with Crippen LogP contribution in [0.25, 0.3) is 0 Å². The summed E-state index contributed by atoms with van der Waals surface area (Å²) in [7, 11) is 4.74. The minimum atomic E-state index is -0.246. The largest absolute Gasteiger partial charge is 0.493 e. The summed E-state index contributed by atoms with van der Waals surface area (Å²) < 4.78 is 18.3. The van der Waals surface area contributed by atoms with E-state index < -0.39 is 0 Å². The minimum absolute atomic E-state index is 0.0506. The van der Waals surface area contributed by atoms with Gasteiger partial charge in [-0.3, -0.25) is 4.79 Å². The first-order valence-electron chi connectivity index (χ1n) is 8.49. The summed E-state index contributed by atoms with van der Waals surface area (Å²) in [6, 6.07) is 3.75. The van der Waals surface area contributed by atoms with Crippen LogP contribution >= 0.6 is 0 Å². The number of nitrogens with one attached hydrogen (secondary N) is 1. The molecule has 1 amide bonds. The molecule has 1 atom stereocenters. The van der Waals surface area contributed by atoms with Gasteiger partial charge >= 0.3 is 0 Å². The van der Waals surface area contributed by atoms with E-state index in [-0.39, 0.29) is 17.4 Å². The number of aromatic nitrogens is 2. The fourth-order valence-electron chi connectivity index (χ4n) is 3.40. The van der Waals surface area contributed by atoms with Crippen LogP contribution in [0.2, 0.25) is 0 Å². The van der Waals surface area contributed by atoms with Gasteiger partial charge in [0.2, 0.25) is 11.7 Å². The van der Waals surface area contributed by atoms with Gasteiger partial charge in [-0.1, -0.05) is 6.07 Å². The first kappa shape index (κ1) is 18.1. The van der Waals surface area contributed by atoms with Crippen LogP contribution in [0.15, 0.2) is 18.3 Å². The Morgan fingerprint density at radius 3 is 2.35 bits per heavy atom. The summed E-state index contributed by atoms with van der Waals surface area (Å²) >= 11 is 0. The van der Waals surface area contributed by atoms with Gasteiger partial charge in [-0.2, -0.15) is 5.10 Å². The Balaban J connectivity index is 2.18. The first-order valence-corrected chi connectivity index (χ1v) is 8.49. The number of hydrogen-bond donors (Lipinski definition) is 1. The number of fused-ring (bicyclic) bond motifs is 1. The fraction of sp³-hybridized carbons (Fsp3) is 0.474. The molecule has 1 aromatic heterocycles. The van der Waals surface area contributed by atoms with E-state index in [9.17, 15) is 4.79 Å². The van der Waals surface area contributed by atoms with Crippen LogP contribution in [-0.4, -0.2) is 37.0 Å². The van der Waals surface area contributed by atoms with Gasteiger partial charge in [-0.25, -0.2) is 4.68 Å². The lowest BCUT2D eigenvalue weighted by molar-refractivity contribution is -0.116. The number of methoxy groups -OCH3 is 3.